The number of methoxy groups -OCH3 is 1. The van der Waals surface area contributed by atoms with E-state index < -0.39 is 11.9 Å². The number of ether oxygens (including phenoxy) is 2. The van der Waals surface area contributed by atoms with Gasteiger partial charge in [-0.1, -0.05) is 19.1 Å². The summed E-state index contributed by atoms with van der Waals surface area (Å²) in [5.74, 6) is 1.03. The van der Waals surface area contributed by atoms with Gasteiger partial charge in [0, 0.05) is 7.97 Å². The van der Waals surface area contributed by atoms with Crippen molar-refractivity contribution in [3.8, 4) is 17.2 Å². The number of nitrogens with zero attached hydrogens (tertiary/aromatic N) is 2. The number of nitrogens with one attached hydrogen (secondary N) is 2. The molecule has 0 unspecified atom stereocenters. The number of carbonyl (C=O) groups excluding carboxylic acids is 2. The summed E-state index contributed by atoms with van der Waals surface area (Å²) in [6.45, 7) is 2.95. The van der Waals surface area contributed by atoms with E-state index in [2.05, 4.69) is 15.7 Å². The van der Waals surface area contributed by atoms with E-state index in [9.17, 15) is 9.59 Å². The third-order valence-corrected chi connectivity index (χ3v) is 4.37. The lowest BCUT2D eigenvalue weighted by Crippen LogP contribution is -2.26. The summed E-state index contributed by atoms with van der Waals surface area (Å²) in [7, 11) is 1.59. The van der Waals surface area contributed by atoms with Crippen LogP contribution in [0.3, 0.4) is 0 Å². The molecule has 9 heteroatoms. The SMILES string of the molecule is CCCOc1ccc(-n2cc(NC(N)=O)c(C(=O)NCc3ccc(OC)cc3)n2)cc1.[HH]. The molecule has 0 bridgehead atoms. The summed E-state index contributed by atoms with van der Waals surface area (Å²) in [6.07, 6.45) is 2.45. The van der Waals surface area contributed by atoms with E-state index in [0.29, 0.717) is 12.3 Å². The molecule has 1 aromatic heterocycles. The molecule has 31 heavy (non-hydrogen) atoms. The predicted molar refractivity (Wildman–Crippen MR) is 119 cm³/mol. The maximum Gasteiger partial charge on any atom is 0.316 e. The average molecular weight is 425 g/mol. The molecule has 0 atom stereocenters. The van der Waals surface area contributed by atoms with Gasteiger partial charge in [-0.05, 0) is 48.4 Å². The van der Waals surface area contributed by atoms with Crippen molar-refractivity contribution in [1.82, 2.24) is 15.1 Å². The Balaban J connectivity index is 0.00000363. The minimum absolute atomic E-state index is 0. The first kappa shape index (κ1) is 21.7. The number of urea groups is 1. The molecular formula is C22H27N5O4. The Labute approximate surface area is 181 Å². The van der Waals surface area contributed by atoms with Gasteiger partial charge >= 0.3 is 6.03 Å². The fourth-order valence-corrected chi connectivity index (χ4v) is 2.82. The van der Waals surface area contributed by atoms with E-state index in [0.717, 1.165) is 23.5 Å². The fraction of sp³-hybridized carbons (Fsp3) is 0.227. The number of hydrogen-bond acceptors (Lipinski definition) is 5. The van der Waals surface area contributed by atoms with Crippen molar-refractivity contribution < 1.29 is 20.5 Å². The number of aromatic nitrogens is 2. The summed E-state index contributed by atoms with van der Waals surface area (Å²) in [6, 6.07) is 13.8. The normalized spacial score (nSPS) is 10.4. The summed E-state index contributed by atoms with van der Waals surface area (Å²) >= 11 is 0. The number of primary amides is 1. The van der Waals surface area contributed by atoms with Crippen LogP contribution in [-0.4, -0.2) is 35.4 Å². The molecule has 3 rings (SSSR count). The molecule has 2 aromatic carbocycles. The van der Waals surface area contributed by atoms with Crippen LogP contribution in [0.25, 0.3) is 5.69 Å². The van der Waals surface area contributed by atoms with Gasteiger partial charge in [-0.25, -0.2) is 9.48 Å². The van der Waals surface area contributed by atoms with E-state index >= 15 is 0 Å². The van der Waals surface area contributed by atoms with Gasteiger partial charge in [-0.3, -0.25) is 4.79 Å². The molecule has 3 aromatic rings. The van der Waals surface area contributed by atoms with Gasteiger partial charge in [0.25, 0.3) is 5.91 Å². The molecular weight excluding hydrogens is 398 g/mol. The Morgan fingerprint density at radius 1 is 1.10 bits per heavy atom. The van der Waals surface area contributed by atoms with Gasteiger partial charge in [0.1, 0.15) is 11.5 Å². The van der Waals surface area contributed by atoms with Crippen molar-refractivity contribution in [2.45, 2.75) is 19.9 Å². The summed E-state index contributed by atoms with van der Waals surface area (Å²) in [5, 5.41) is 9.58. The number of carbonyl (C=O) groups is 2. The highest BCUT2D eigenvalue weighted by atomic mass is 16.5. The number of benzene rings is 2. The molecule has 0 aliphatic heterocycles. The zero-order valence-corrected chi connectivity index (χ0v) is 17.4. The molecule has 0 spiro atoms. The standard InChI is InChI=1S/C22H25N5O4.H2/c1-3-12-31-18-10-6-16(7-11-18)27-14-19(25-22(23)29)20(26-27)21(28)24-13-15-4-8-17(30-2)9-5-15;/h4-11,14H,3,12-13H2,1-2H3,(H,24,28)(H3,23,25,29);1H. The molecule has 0 radical (unpaired) electrons. The van der Waals surface area contributed by atoms with E-state index in [4.69, 9.17) is 15.2 Å². The highest BCUT2D eigenvalue weighted by molar-refractivity contribution is 6.01. The Kier molecular flexibility index (Phi) is 7.10. The van der Waals surface area contributed by atoms with Crippen LogP contribution in [0.4, 0.5) is 10.5 Å². The second-order valence-electron chi connectivity index (χ2n) is 6.70. The number of hydrogen-bond donors (Lipinski definition) is 3. The van der Waals surface area contributed by atoms with Crippen molar-refractivity contribution in [3.05, 3.63) is 66.0 Å². The number of rotatable bonds is 9. The number of nitrogens with two attached hydrogens (primary N) is 1. The van der Waals surface area contributed by atoms with E-state index in [1.807, 2.05) is 55.5 Å². The van der Waals surface area contributed by atoms with Crippen molar-refractivity contribution in [3.63, 3.8) is 0 Å². The van der Waals surface area contributed by atoms with E-state index in [1.165, 1.54) is 10.9 Å². The first-order valence-electron chi connectivity index (χ1n) is 9.80. The Morgan fingerprint density at radius 2 is 1.77 bits per heavy atom. The van der Waals surface area contributed by atoms with Crippen LogP contribution in [0.15, 0.2) is 54.7 Å². The molecule has 0 saturated carbocycles. The quantitative estimate of drug-likeness (QED) is 0.486. The van der Waals surface area contributed by atoms with Crippen LogP contribution in [0.5, 0.6) is 11.5 Å². The zero-order chi connectivity index (χ0) is 22.2. The lowest BCUT2D eigenvalue weighted by Gasteiger charge is -2.07. The second kappa shape index (κ2) is 10.1. The fourth-order valence-electron chi connectivity index (χ4n) is 2.82. The van der Waals surface area contributed by atoms with Crippen LogP contribution >= 0.6 is 0 Å². The minimum atomic E-state index is -0.785. The van der Waals surface area contributed by atoms with Crippen molar-refractivity contribution in [2.75, 3.05) is 19.0 Å². The average Bonchev–Trinajstić information content (AvgIpc) is 3.20. The largest absolute Gasteiger partial charge is 0.497 e. The van der Waals surface area contributed by atoms with Crippen LogP contribution < -0.4 is 25.8 Å². The van der Waals surface area contributed by atoms with Crippen LogP contribution in [0.1, 0.15) is 30.8 Å². The first-order valence-corrected chi connectivity index (χ1v) is 9.80. The molecule has 4 N–H and O–H groups in total. The third-order valence-electron chi connectivity index (χ3n) is 4.37. The van der Waals surface area contributed by atoms with Gasteiger partial charge in [-0.2, -0.15) is 5.10 Å². The first-order chi connectivity index (χ1) is 15.0. The van der Waals surface area contributed by atoms with Gasteiger partial charge in [-0.15, -0.1) is 0 Å². The lowest BCUT2D eigenvalue weighted by atomic mass is 10.2. The van der Waals surface area contributed by atoms with Crippen LogP contribution in [0, 0.1) is 0 Å². The summed E-state index contributed by atoms with van der Waals surface area (Å²) in [5.41, 5.74) is 7.11. The second-order valence-corrected chi connectivity index (χ2v) is 6.70. The van der Waals surface area contributed by atoms with Gasteiger partial charge < -0.3 is 25.8 Å². The molecule has 9 nitrogen and oxygen atoms in total. The summed E-state index contributed by atoms with van der Waals surface area (Å²) < 4.78 is 12.2. The Bertz CT molecular complexity index is 1040. The van der Waals surface area contributed by atoms with Crippen LogP contribution in [0.2, 0.25) is 0 Å². The molecule has 0 aliphatic carbocycles. The molecule has 0 fully saturated rings. The van der Waals surface area contributed by atoms with Crippen molar-refractivity contribution >= 4 is 17.6 Å². The zero-order valence-electron chi connectivity index (χ0n) is 17.4. The minimum Gasteiger partial charge on any atom is -0.497 e. The third kappa shape index (κ3) is 5.75. The number of anilines is 1. The van der Waals surface area contributed by atoms with Crippen molar-refractivity contribution in [2.24, 2.45) is 5.73 Å². The van der Waals surface area contributed by atoms with E-state index in [-0.39, 0.29) is 19.4 Å². The molecule has 164 valence electrons. The summed E-state index contributed by atoms with van der Waals surface area (Å²) in [4.78, 5) is 24.1. The maximum absolute atomic E-state index is 12.7. The Morgan fingerprint density at radius 3 is 2.39 bits per heavy atom. The molecule has 0 saturated heterocycles. The van der Waals surface area contributed by atoms with Gasteiger partial charge in [0.15, 0.2) is 5.69 Å². The van der Waals surface area contributed by atoms with E-state index in [1.54, 1.807) is 7.11 Å². The van der Waals surface area contributed by atoms with Crippen molar-refractivity contribution in [1.29, 1.82) is 0 Å². The molecule has 3 amide bonds. The monoisotopic (exact) mass is 425 g/mol. The van der Waals surface area contributed by atoms with Gasteiger partial charge in [0.05, 0.1) is 31.3 Å². The molecule has 0 aliphatic rings. The highest BCUT2D eigenvalue weighted by Crippen LogP contribution is 2.20. The maximum atomic E-state index is 12.7. The van der Waals surface area contributed by atoms with Gasteiger partial charge in [0.2, 0.25) is 0 Å². The predicted octanol–water partition coefficient (Wildman–Crippen LogP) is 3.34. The smallest absolute Gasteiger partial charge is 0.316 e. The highest BCUT2D eigenvalue weighted by Gasteiger charge is 2.18. The molecule has 1 heterocycles. The number of amides is 3. The van der Waals surface area contributed by atoms with Crippen LogP contribution in [-0.2, 0) is 6.54 Å². The topological polar surface area (TPSA) is 120 Å². The lowest BCUT2D eigenvalue weighted by molar-refractivity contribution is 0.0946. The Hall–Kier alpha value is -4.01.